The van der Waals surface area contributed by atoms with Gasteiger partial charge in [0.05, 0.1) is 6.54 Å². The SMILES string of the molecule is Cc1ccc(CCC(=O)NCC(=O)N(C)CC(C)(C)CN)cc1.Cl. The van der Waals surface area contributed by atoms with Gasteiger partial charge in [0.2, 0.25) is 11.8 Å². The minimum absolute atomic E-state index is 0. The fourth-order valence-electron chi connectivity index (χ4n) is 2.20. The first-order chi connectivity index (χ1) is 10.7. The highest BCUT2D eigenvalue weighted by Gasteiger charge is 2.21. The van der Waals surface area contributed by atoms with Crippen LogP contribution in [-0.4, -0.2) is 43.4 Å². The van der Waals surface area contributed by atoms with E-state index in [0.29, 0.717) is 25.9 Å². The van der Waals surface area contributed by atoms with Gasteiger partial charge in [-0.25, -0.2) is 0 Å². The smallest absolute Gasteiger partial charge is 0.241 e. The molecule has 3 N–H and O–H groups in total. The van der Waals surface area contributed by atoms with Crippen molar-refractivity contribution < 1.29 is 9.59 Å². The van der Waals surface area contributed by atoms with E-state index in [1.165, 1.54) is 5.56 Å². The van der Waals surface area contributed by atoms with Crippen molar-refractivity contribution in [3.05, 3.63) is 35.4 Å². The van der Waals surface area contributed by atoms with Gasteiger partial charge in [-0.2, -0.15) is 0 Å². The molecule has 0 radical (unpaired) electrons. The van der Waals surface area contributed by atoms with E-state index in [2.05, 4.69) is 5.32 Å². The number of hydrogen-bond donors (Lipinski definition) is 2. The average Bonchev–Trinajstić information content (AvgIpc) is 2.51. The monoisotopic (exact) mass is 355 g/mol. The third-order valence-corrected chi connectivity index (χ3v) is 3.84. The highest BCUT2D eigenvalue weighted by atomic mass is 35.5. The Balaban J connectivity index is 0.00000529. The number of likely N-dealkylation sites (N-methyl/N-ethyl adjacent to an activating group) is 1. The van der Waals surface area contributed by atoms with Crippen molar-refractivity contribution in [2.24, 2.45) is 11.1 Å². The second-order valence-electron chi connectivity index (χ2n) is 6.88. The van der Waals surface area contributed by atoms with E-state index in [0.717, 1.165) is 5.56 Å². The number of amides is 2. The van der Waals surface area contributed by atoms with E-state index in [4.69, 9.17) is 5.73 Å². The van der Waals surface area contributed by atoms with E-state index in [-0.39, 0.29) is 36.2 Å². The summed E-state index contributed by atoms with van der Waals surface area (Å²) in [7, 11) is 1.73. The molecule has 0 saturated heterocycles. The van der Waals surface area contributed by atoms with Gasteiger partial charge in [-0.1, -0.05) is 43.7 Å². The highest BCUT2D eigenvalue weighted by molar-refractivity contribution is 5.85. The van der Waals surface area contributed by atoms with Crippen LogP contribution in [0.5, 0.6) is 0 Å². The highest BCUT2D eigenvalue weighted by Crippen LogP contribution is 2.13. The first-order valence-corrected chi connectivity index (χ1v) is 8.00. The largest absolute Gasteiger partial charge is 0.347 e. The van der Waals surface area contributed by atoms with Crippen molar-refractivity contribution in [3.63, 3.8) is 0 Å². The first-order valence-electron chi connectivity index (χ1n) is 8.00. The number of hydrogen-bond acceptors (Lipinski definition) is 3. The normalized spacial score (nSPS) is 10.7. The van der Waals surface area contributed by atoms with Crippen LogP contribution in [0.25, 0.3) is 0 Å². The molecule has 0 atom stereocenters. The van der Waals surface area contributed by atoms with E-state index >= 15 is 0 Å². The van der Waals surface area contributed by atoms with Crippen LogP contribution in [0.3, 0.4) is 0 Å². The summed E-state index contributed by atoms with van der Waals surface area (Å²) >= 11 is 0. The molecule has 0 unspecified atom stereocenters. The minimum atomic E-state index is -0.125. The predicted octanol–water partition coefficient (Wildman–Crippen LogP) is 1.91. The molecule has 0 fully saturated rings. The van der Waals surface area contributed by atoms with Crippen LogP contribution in [0.15, 0.2) is 24.3 Å². The Bertz CT molecular complexity index is 530. The maximum absolute atomic E-state index is 12.0. The molecular formula is C18H30ClN3O2. The molecule has 0 aliphatic carbocycles. The molecule has 1 aromatic carbocycles. The van der Waals surface area contributed by atoms with Gasteiger partial charge in [-0.15, -0.1) is 12.4 Å². The third-order valence-electron chi connectivity index (χ3n) is 3.84. The van der Waals surface area contributed by atoms with E-state index < -0.39 is 0 Å². The molecule has 136 valence electrons. The Morgan fingerprint density at radius 2 is 1.79 bits per heavy atom. The van der Waals surface area contributed by atoms with E-state index in [1.807, 2.05) is 45.0 Å². The van der Waals surface area contributed by atoms with Crippen LogP contribution in [-0.2, 0) is 16.0 Å². The molecule has 5 nitrogen and oxygen atoms in total. The maximum atomic E-state index is 12.0. The predicted molar refractivity (Wildman–Crippen MR) is 100 cm³/mol. The molecular weight excluding hydrogens is 326 g/mol. The van der Waals surface area contributed by atoms with Crippen LogP contribution in [0.1, 0.15) is 31.4 Å². The van der Waals surface area contributed by atoms with Crippen LogP contribution >= 0.6 is 12.4 Å². The summed E-state index contributed by atoms with van der Waals surface area (Å²) in [6.45, 7) is 7.16. The average molecular weight is 356 g/mol. The standard InChI is InChI=1S/C18H29N3O2.ClH/c1-14-5-7-15(8-6-14)9-10-16(22)20-11-17(23)21(4)13-18(2,3)12-19;/h5-8H,9-13,19H2,1-4H3,(H,20,22);1H. The Kier molecular flexibility index (Phi) is 9.63. The number of halogens is 1. The number of benzene rings is 1. The molecule has 0 bridgehead atoms. The lowest BCUT2D eigenvalue weighted by Crippen LogP contribution is -2.44. The zero-order valence-electron chi connectivity index (χ0n) is 15.1. The fourth-order valence-corrected chi connectivity index (χ4v) is 2.20. The second kappa shape index (κ2) is 10.3. The van der Waals surface area contributed by atoms with Gasteiger partial charge in [0.25, 0.3) is 0 Å². The van der Waals surface area contributed by atoms with Gasteiger partial charge >= 0.3 is 0 Å². The van der Waals surface area contributed by atoms with Gasteiger partial charge in [0.15, 0.2) is 0 Å². The molecule has 0 spiro atoms. The van der Waals surface area contributed by atoms with Gasteiger partial charge < -0.3 is 16.0 Å². The number of aryl methyl sites for hydroxylation is 2. The van der Waals surface area contributed by atoms with Gasteiger partial charge in [0.1, 0.15) is 0 Å². The minimum Gasteiger partial charge on any atom is -0.347 e. The molecule has 0 aromatic heterocycles. The summed E-state index contributed by atoms with van der Waals surface area (Å²) < 4.78 is 0. The molecule has 0 aliphatic rings. The van der Waals surface area contributed by atoms with Crippen molar-refractivity contribution in [1.29, 1.82) is 0 Å². The number of carbonyl (C=O) groups is 2. The van der Waals surface area contributed by atoms with Gasteiger partial charge in [-0.3, -0.25) is 9.59 Å². The van der Waals surface area contributed by atoms with Crippen LogP contribution in [0, 0.1) is 12.3 Å². The Morgan fingerprint density at radius 3 is 2.33 bits per heavy atom. The molecule has 2 amide bonds. The summed E-state index contributed by atoms with van der Waals surface area (Å²) in [6, 6.07) is 8.11. The number of nitrogens with two attached hydrogens (primary N) is 1. The molecule has 1 rings (SSSR count). The van der Waals surface area contributed by atoms with Gasteiger partial charge in [-0.05, 0) is 30.9 Å². The fraction of sp³-hybridized carbons (Fsp3) is 0.556. The van der Waals surface area contributed by atoms with Crippen LogP contribution in [0.4, 0.5) is 0 Å². The van der Waals surface area contributed by atoms with E-state index in [1.54, 1.807) is 11.9 Å². The second-order valence-corrected chi connectivity index (χ2v) is 6.88. The molecule has 0 heterocycles. The Labute approximate surface area is 151 Å². The Morgan fingerprint density at radius 1 is 1.21 bits per heavy atom. The van der Waals surface area contributed by atoms with Crippen molar-refractivity contribution in [1.82, 2.24) is 10.2 Å². The number of nitrogens with one attached hydrogen (secondary N) is 1. The summed E-state index contributed by atoms with van der Waals surface area (Å²) in [5.74, 6) is -0.208. The third kappa shape index (κ3) is 8.31. The lowest BCUT2D eigenvalue weighted by atomic mass is 9.93. The van der Waals surface area contributed by atoms with E-state index in [9.17, 15) is 9.59 Å². The number of carbonyl (C=O) groups excluding carboxylic acids is 2. The van der Waals surface area contributed by atoms with Crippen molar-refractivity contribution in [2.45, 2.75) is 33.6 Å². The Hall–Kier alpha value is -1.59. The number of rotatable bonds is 8. The molecule has 0 saturated carbocycles. The summed E-state index contributed by atoms with van der Waals surface area (Å²) in [6.07, 6.45) is 1.06. The summed E-state index contributed by atoms with van der Waals surface area (Å²) in [5.41, 5.74) is 7.87. The van der Waals surface area contributed by atoms with Crippen LogP contribution in [0.2, 0.25) is 0 Å². The molecule has 6 heteroatoms. The first kappa shape index (κ1) is 22.4. The molecule has 24 heavy (non-hydrogen) atoms. The quantitative estimate of drug-likeness (QED) is 0.748. The maximum Gasteiger partial charge on any atom is 0.241 e. The van der Waals surface area contributed by atoms with Crippen molar-refractivity contribution >= 4 is 24.2 Å². The zero-order valence-corrected chi connectivity index (χ0v) is 15.9. The van der Waals surface area contributed by atoms with Crippen molar-refractivity contribution in [3.8, 4) is 0 Å². The summed E-state index contributed by atoms with van der Waals surface area (Å²) in [4.78, 5) is 25.5. The lowest BCUT2D eigenvalue weighted by Gasteiger charge is -2.29. The summed E-state index contributed by atoms with van der Waals surface area (Å²) in [5, 5.41) is 2.69. The zero-order chi connectivity index (χ0) is 17.5. The van der Waals surface area contributed by atoms with Crippen molar-refractivity contribution in [2.75, 3.05) is 26.7 Å². The van der Waals surface area contributed by atoms with Gasteiger partial charge in [0, 0.05) is 20.0 Å². The number of nitrogens with zero attached hydrogens (tertiary/aromatic N) is 1. The molecule has 1 aromatic rings. The van der Waals surface area contributed by atoms with Crippen LogP contribution < -0.4 is 11.1 Å². The molecule has 0 aliphatic heterocycles. The lowest BCUT2D eigenvalue weighted by molar-refractivity contribution is -0.132. The topological polar surface area (TPSA) is 75.4 Å².